The highest BCUT2D eigenvalue weighted by Crippen LogP contribution is 2.33. The van der Waals surface area contributed by atoms with Crippen molar-refractivity contribution in [1.82, 2.24) is 10.0 Å². The van der Waals surface area contributed by atoms with E-state index in [-0.39, 0.29) is 23.7 Å². The fourth-order valence-corrected chi connectivity index (χ4v) is 4.42. The summed E-state index contributed by atoms with van der Waals surface area (Å²) in [5, 5.41) is 5.01. The lowest BCUT2D eigenvalue weighted by Gasteiger charge is -2.26. The first-order chi connectivity index (χ1) is 16.5. The zero-order valence-electron chi connectivity index (χ0n) is 18.9. The number of hydrazine groups is 2. The van der Waals surface area contributed by atoms with E-state index in [2.05, 4.69) is 0 Å². The van der Waals surface area contributed by atoms with Crippen LogP contribution in [0.2, 0.25) is 0 Å². The van der Waals surface area contributed by atoms with Crippen molar-refractivity contribution in [3.63, 3.8) is 0 Å². The normalized spacial score (nSPS) is 22.1. The van der Waals surface area contributed by atoms with Gasteiger partial charge >= 0.3 is 5.91 Å². The highest BCUT2D eigenvalue weighted by molar-refractivity contribution is 6.18. The predicted molar refractivity (Wildman–Crippen MR) is 129 cm³/mol. The first kappa shape index (κ1) is 21.7. The van der Waals surface area contributed by atoms with Gasteiger partial charge in [-0.15, -0.1) is 0 Å². The molecule has 2 aliphatic heterocycles. The number of anilines is 1. The lowest BCUT2D eigenvalue weighted by Crippen LogP contribution is -2.50. The molecule has 0 spiro atoms. The molecule has 2 unspecified atom stereocenters. The Hall–Kier alpha value is -4.10. The molecule has 0 aromatic heterocycles. The molecule has 5 rings (SSSR count). The molecule has 3 aromatic rings. The summed E-state index contributed by atoms with van der Waals surface area (Å²) in [6.07, 6.45) is 3.44. The number of carbonyl (C=O) groups is 2. The van der Waals surface area contributed by atoms with Crippen molar-refractivity contribution < 1.29 is 18.7 Å². The minimum absolute atomic E-state index is 0.188. The summed E-state index contributed by atoms with van der Waals surface area (Å²) in [6, 6.07) is 23.8. The number of nitrogens with zero attached hydrogens (tertiary/aromatic N) is 4. The second-order valence-electron chi connectivity index (χ2n) is 8.35. The van der Waals surface area contributed by atoms with Crippen LogP contribution in [-0.4, -0.2) is 51.9 Å². The molecule has 3 aromatic carbocycles. The Morgan fingerprint density at radius 1 is 0.882 bits per heavy atom. The van der Waals surface area contributed by atoms with Crippen molar-refractivity contribution >= 4 is 35.5 Å². The monoisotopic (exact) mass is 455 g/mol. The maximum absolute atomic E-state index is 13.7. The first-order valence-corrected chi connectivity index (χ1v) is 11.1. The summed E-state index contributed by atoms with van der Waals surface area (Å²) in [5.74, 6) is -0.820. The number of likely N-dealkylation sites (N-methyl/N-ethyl adjacent to an activating group) is 1. The molecular weight excluding hydrogens is 431 g/mol. The highest BCUT2D eigenvalue weighted by atomic mass is 19.1. The van der Waals surface area contributed by atoms with Gasteiger partial charge in [-0.3, -0.25) is 9.59 Å². The number of hydrogen-bond donors (Lipinski definition) is 0. The standard InChI is InChI=1S/C27H24FN4O2/c1-19-25(27(34)31(29(19)2)24-11-7-4-8-12-24)32-26(33)21(17-20-13-15-22(28)16-14-20)18-30(32)23-9-5-3-6-10-23/h3-19,25H,1-2H3/q+1/b21-17+. The second kappa shape index (κ2) is 8.68. The van der Waals surface area contributed by atoms with Crippen molar-refractivity contribution in [3.8, 4) is 0 Å². The zero-order chi connectivity index (χ0) is 23.8. The molecule has 2 atom stereocenters. The summed E-state index contributed by atoms with van der Waals surface area (Å²) in [4.78, 5) is 27.4. The van der Waals surface area contributed by atoms with Crippen molar-refractivity contribution in [2.45, 2.75) is 19.0 Å². The molecule has 0 saturated carbocycles. The van der Waals surface area contributed by atoms with Crippen molar-refractivity contribution in [3.05, 3.63) is 102 Å². The molecule has 170 valence electrons. The molecule has 1 fully saturated rings. The van der Waals surface area contributed by atoms with Gasteiger partial charge in [-0.2, -0.15) is 0 Å². The number of amides is 2. The lowest BCUT2D eigenvalue weighted by atomic mass is 10.1. The number of halogens is 1. The summed E-state index contributed by atoms with van der Waals surface area (Å²) in [6.45, 7) is 1.93. The third-order valence-electron chi connectivity index (χ3n) is 6.25. The van der Waals surface area contributed by atoms with E-state index in [1.165, 1.54) is 17.1 Å². The fraction of sp³-hybridized carbons (Fsp3) is 0.148. The van der Waals surface area contributed by atoms with Gasteiger partial charge in [0.25, 0.3) is 5.91 Å². The van der Waals surface area contributed by atoms with Crippen LogP contribution in [0.5, 0.6) is 0 Å². The Kier molecular flexibility index (Phi) is 5.55. The van der Waals surface area contributed by atoms with E-state index in [9.17, 15) is 14.0 Å². The van der Waals surface area contributed by atoms with Gasteiger partial charge in [-0.25, -0.2) is 14.4 Å². The van der Waals surface area contributed by atoms with E-state index in [1.54, 1.807) is 34.1 Å². The van der Waals surface area contributed by atoms with Crippen LogP contribution >= 0.6 is 0 Å². The van der Waals surface area contributed by atoms with Gasteiger partial charge in [0.15, 0.2) is 6.04 Å². The molecule has 7 heteroatoms. The number of carbonyl (C=O) groups excluding carboxylic acids is 2. The number of hydrogen-bond acceptors (Lipinski definition) is 3. The Labute approximate surface area is 197 Å². The average molecular weight is 456 g/mol. The van der Waals surface area contributed by atoms with Crippen LogP contribution in [0.1, 0.15) is 12.5 Å². The maximum Gasteiger partial charge on any atom is 0.315 e. The third-order valence-corrected chi connectivity index (χ3v) is 6.25. The van der Waals surface area contributed by atoms with Gasteiger partial charge < -0.3 is 0 Å². The largest absolute Gasteiger partial charge is 0.315 e. The number of benzene rings is 3. The molecule has 6 nitrogen and oxygen atoms in total. The highest BCUT2D eigenvalue weighted by Gasteiger charge is 2.55. The minimum atomic E-state index is -0.742. The Balaban J connectivity index is 1.58. The first-order valence-electron chi connectivity index (χ1n) is 11.1. The SMILES string of the molecule is CC1C(N2C(=O)/C(=C/c3ccc(F)cc3)C=[N+]2c2ccccc2)C(=O)N(c2ccccc2)N1C. The summed E-state index contributed by atoms with van der Waals surface area (Å²) < 4.78 is 15.1. The van der Waals surface area contributed by atoms with Crippen LogP contribution in [-0.2, 0) is 9.59 Å². The molecule has 1 saturated heterocycles. The van der Waals surface area contributed by atoms with E-state index < -0.39 is 6.04 Å². The van der Waals surface area contributed by atoms with Gasteiger partial charge in [-0.05, 0) is 42.8 Å². The van der Waals surface area contributed by atoms with Crippen LogP contribution in [0.15, 0.2) is 90.5 Å². The van der Waals surface area contributed by atoms with Gasteiger partial charge in [-0.1, -0.05) is 58.2 Å². The van der Waals surface area contributed by atoms with E-state index in [1.807, 2.05) is 79.6 Å². The van der Waals surface area contributed by atoms with E-state index in [0.717, 1.165) is 11.4 Å². The molecular formula is C27H24FN4O2+. The molecule has 34 heavy (non-hydrogen) atoms. The lowest BCUT2D eigenvalue weighted by molar-refractivity contribution is -0.598. The van der Waals surface area contributed by atoms with Crippen LogP contribution in [0.25, 0.3) is 6.08 Å². The third kappa shape index (κ3) is 3.70. The zero-order valence-corrected chi connectivity index (χ0v) is 18.9. The quantitative estimate of drug-likeness (QED) is 0.441. The van der Waals surface area contributed by atoms with Gasteiger partial charge in [0, 0.05) is 19.2 Å². The van der Waals surface area contributed by atoms with Crippen molar-refractivity contribution in [2.24, 2.45) is 0 Å². The fourth-order valence-electron chi connectivity index (χ4n) is 4.42. The summed E-state index contributed by atoms with van der Waals surface area (Å²) >= 11 is 0. The summed E-state index contributed by atoms with van der Waals surface area (Å²) in [5.41, 5.74) is 2.62. The Morgan fingerprint density at radius 2 is 1.50 bits per heavy atom. The van der Waals surface area contributed by atoms with Crippen molar-refractivity contribution in [2.75, 3.05) is 12.1 Å². The summed E-state index contributed by atoms with van der Waals surface area (Å²) in [7, 11) is 1.85. The predicted octanol–water partition coefficient (Wildman–Crippen LogP) is 4.03. The van der Waals surface area contributed by atoms with Crippen LogP contribution in [0, 0.1) is 5.82 Å². The van der Waals surface area contributed by atoms with Gasteiger partial charge in [0.1, 0.15) is 11.4 Å². The van der Waals surface area contributed by atoms with Crippen LogP contribution in [0.4, 0.5) is 15.8 Å². The smallest absolute Gasteiger partial charge is 0.270 e. The molecule has 0 aliphatic carbocycles. The Morgan fingerprint density at radius 3 is 2.15 bits per heavy atom. The number of para-hydroxylation sites is 2. The van der Waals surface area contributed by atoms with Gasteiger partial charge in [0.05, 0.1) is 11.7 Å². The topological polar surface area (TPSA) is 46.9 Å². The van der Waals surface area contributed by atoms with Crippen molar-refractivity contribution in [1.29, 1.82) is 0 Å². The second-order valence-corrected chi connectivity index (χ2v) is 8.35. The Bertz CT molecular complexity index is 1290. The molecule has 0 N–H and O–H groups in total. The maximum atomic E-state index is 13.7. The molecule has 0 radical (unpaired) electrons. The molecule has 0 bridgehead atoms. The minimum Gasteiger partial charge on any atom is -0.270 e. The van der Waals surface area contributed by atoms with Crippen LogP contribution in [0.3, 0.4) is 0 Å². The molecule has 2 heterocycles. The van der Waals surface area contributed by atoms with E-state index >= 15 is 0 Å². The average Bonchev–Trinajstić information content (AvgIpc) is 3.28. The molecule has 2 aliphatic rings. The van der Waals surface area contributed by atoms with E-state index in [0.29, 0.717) is 11.1 Å². The van der Waals surface area contributed by atoms with Crippen LogP contribution < -0.4 is 5.01 Å². The number of rotatable bonds is 4. The van der Waals surface area contributed by atoms with Gasteiger partial charge in [0.2, 0.25) is 11.9 Å². The van der Waals surface area contributed by atoms with E-state index in [4.69, 9.17) is 0 Å². The number of hydrazone groups is 1. The molecule has 2 amide bonds.